The van der Waals surface area contributed by atoms with Gasteiger partial charge in [0.15, 0.2) is 0 Å². The fourth-order valence-corrected chi connectivity index (χ4v) is 2.97. The number of aromatic nitrogens is 2. The molecule has 1 aromatic carbocycles. The summed E-state index contributed by atoms with van der Waals surface area (Å²) in [6.45, 7) is 4.82. The summed E-state index contributed by atoms with van der Waals surface area (Å²) in [5.41, 5.74) is 6.13. The van der Waals surface area contributed by atoms with Gasteiger partial charge in [-0.15, -0.1) is 0 Å². The third-order valence-electron chi connectivity index (χ3n) is 4.11. The van der Waals surface area contributed by atoms with Gasteiger partial charge in [0, 0.05) is 29.8 Å². The second-order valence-electron chi connectivity index (χ2n) is 5.51. The monoisotopic (exact) mass is 290 g/mol. The number of nitrogens with zero attached hydrogens (tertiary/aromatic N) is 2. The zero-order valence-electron chi connectivity index (χ0n) is 12.8. The van der Waals surface area contributed by atoms with E-state index in [-0.39, 0.29) is 0 Å². The standard InChI is InChI=1S/C19H18N2O/c1-3-22-17-7-5-15(6-8-17)16-12-19-18-9-4-14(2)21(18)11-10-20(19)13-16/h4-13H,3H2,1-2H3. The lowest BCUT2D eigenvalue weighted by molar-refractivity contribution is 0.340. The molecule has 0 amide bonds. The maximum Gasteiger partial charge on any atom is 0.119 e. The Morgan fingerprint density at radius 1 is 0.909 bits per heavy atom. The minimum Gasteiger partial charge on any atom is -0.494 e. The average Bonchev–Trinajstić information content (AvgIpc) is 3.12. The first-order valence-electron chi connectivity index (χ1n) is 7.58. The van der Waals surface area contributed by atoms with Gasteiger partial charge in [-0.3, -0.25) is 0 Å². The molecule has 0 spiro atoms. The van der Waals surface area contributed by atoms with Gasteiger partial charge in [0.2, 0.25) is 0 Å². The molecule has 4 rings (SSSR count). The van der Waals surface area contributed by atoms with Gasteiger partial charge in [0.1, 0.15) is 5.75 Å². The predicted molar refractivity (Wildman–Crippen MR) is 89.7 cm³/mol. The third kappa shape index (κ3) is 1.98. The Balaban J connectivity index is 1.83. The van der Waals surface area contributed by atoms with Crippen molar-refractivity contribution in [1.29, 1.82) is 0 Å². The van der Waals surface area contributed by atoms with Gasteiger partial charge in [-0.1, -0.05) is 12.1 Å². The Bertz CT molecular complexity index is 945. The maximum absolute atomic E-state index is 5.51. The maximum atomic E-state index is 5.51. The largest absolute Gasteiger partial charge is 0.494 e. The molecule has 3 nitrogen and oxygen atoms in total. The van der Waals surface area contributed by atoms with Crippen LogP contribution in [0.5, 0.6) is 5.75 Å². The molecule has 0 aliphatic carbocycles. The van der Waals surface area contributed by atoms with Crippen molar-refractivity contribution in [1.82, 2.24) is 8.80 Å². The van der Waals surface area contributed by atoms with Crippen LogP contribution in [0.25, 0.3) is 22.2 Å². The van der Waals surface area contributed by atoms with Crippen LogP contribution in [-0.2, 0) is 0 Å². The van der Waals surface area contributed by atoms with Crippen LogP contribution in [0.4, 0.5) is 0 Å². The van der Waals surface area contributed by atoms with Crippen LogP contribution in [0.3, 0.4) is 0 Å². The molecule has 3 heterocycles. The first-order valence-corrected chi connectivity index (χ1v) is 7.58. The molecule has 0 aliphatic heterocycles. The number of fused-ring (bicyclic) bond motifs is 3. The lowest BCUT2D eigenvalue weighted by Gasteiger charge is -2.03. The highest BCUT2D eigenvalue weighted by atomic mass is 16.5. The molecule has 4 aromatic rings. The minimum absolute atomic E-state index is 0.695. The molecule has 110 valence electrons. The number of benzene rings is 1. The highest BCUT2D eigenvalue weighted by Crippen LogP contribution is 2.27. The second kappa shape index (κ2) is 4.95. The number of hydrogen-bond donors (Lipinski definition) is 0. The predicted octanol–water partition coefficient (Wildman–Crippen LogP) is 4.57. The number of rotatable bonds is 3. The molecule has 0 fully saturated rings. The summed E-state index contributed by atoms with van der Waals surface area (Å²) in [5, 5.41) is 0. The summed E-state index contributed by atoms with van der Waals surface area (Å²) in [5.74, 6) is 0.916. The van der Waals surface area contributed by atoms with Crippen LogP contribution in [0, 0.1) is 6.92 Å². The van der Waals surface area contributed by atoms with Gasteiger partial charge in [-0.25, -0.2) is 0 Å². The molecule has 0 unspecified atom stereocenters. The summed E-state index contributed by atoms with van der Waals surface area (Å²) < 4.78 is 9.91. The Labute approximate surface area is 129 Å². The third-order valence-corrected chi connectivity index (χ3v) is 4.11. The molecule has 0 N–H and O–H groups in total. The average molecular weight is 290 g/mol. The highest BCUT2D eigenvalue weighted by Gasteiger charge is 2.07. The fourth-order valence-electron chi connectivity index (χ4n) is 2.97. The fraction of sp³-hybridized carbons (Fsp3) is 0.158. The molecule has 22 heavy (non-hydrogen) atoms. The summed E-state index contributed by atoms with van der Waals surface area (Å²) in [6.07, 6.45) is 6.39. The Kier molecular flexibility index (Phi) is 2.93. The normalized spacial score (nSPS) is 11.4. The van der Waals surface area contributed by atoms with E-state index in [1.165, 1.54) is 27.9 Å². The van der Waals surface area contributed by atoms with Crippen molar-refractivity contribution in [3.8, 4) is 16.9 Å². The van der Waals surface area contributed by atoms with Gasteiger partial charge in [0.25, 0.3) is 0 Å². The topological polar surface area (TPSA) is 18.1 Å². The Morgan fingerprint density at radius 2 is 1.73 bits per heavy atom. The van der Waals surface area contributed by atoms with Crippen molar-refractivity contribution < 1.29 is 4.74 Å². The smallest absolute Gasteiger partial charge is 0.119 e. The molecular weight excluding hydrogens is 272 g/mol. The summed E-state index contributed by atoms with van der Waals surface area (Å²) in [7, 11) is 0. The van der Waals surface area contributed by atoms with Crippen molar-refractivity contribution >= 4 is 11.0 Å². The van der Waals surface area contributed by atoms with Gasteiger partial charge < -0.3 is 13.5 Å². The van der Waals surface area contributed by atoms with E-state index in [9.17, 15) is 0 Å². The number of ether oxygens (including phenoxy) is 1. The first-order chi connectivity index (χ1) is 10.8. The van der Waals surface area contributed by atoms with E-state index in [2.05, 4.69) is 64.6 Å². The molecule has 3 aromatic heterocycles. The van der Waals surface area contributed by atoms with E-state index in [1.807, 2.05) is 19.1 Å². The van der Waals surface area contributed by atoms with Crippen LogP contribution < -0.4 is 4.74 Å². The highest BCUT2D eigenvalue weighted by molar-refractivity contribution is 5.82. The van der Waals surface area contributed by atoms with Crippen molar-refractivity contribution in [3.05, 3.63) is 66.7 Å². The van der Waals surface area contributed by atoms with Gasteiger partial charge in [0.05, 0.1) is 17.6 Å². The molecular formula is C19H18N2O. The lowest BCUT2D eigenvalue weighted by atomic mass is 10.1. The van der Waals surface area contributed by atoms with E-state index >= 15 is 0 Å². The van der Waals surface area contributed by atoms with E-state index in [4.69, 9.17) is 4.74 Å². The van der Waals surface area contributed by atoms with Crippen molar-refractivity contribution in [2.75, 3.05) is 6.61 Å². The molecule has 0 bridgehead atoms. The molecule has 3 heteroatoms. The molecule has 0 aliphatic rings. The van der Waals surface area contributed by atoms with E-state index < -0.39 is 0 Å². The summed E-state index contributed by atoms with van der Waals surface area (Å²) in [6, 6.07) is 14.8. The zero-order valence-corrected chi connectivity index (χ0v) is 12.8. The quantitative estimate of drug-likeness (QED) is 0.540. The SMILES string of the molecule is CCOc1ccc(-c2cc3c4ccc(C)n4ccn3c2)cc1. The Hall–Kier alpha value is -2.68. The lowest BCUT2D eigenvalue weighted by Crippen LogP contribution is -1.90. The van der Waals surface area contributed by atoms with Crippen molar-refractivity contribution in [3.63, 3.8) is 0 Å². The second-order valence-corrected chi connectivity index (χ2v) is 5.51. The number of hydrogen-bond acceptors (Lipinski definition) is 1. The first kappa shape index (κ1) is 13.0. The van der Waals surface area contributed by atoms with Gasteiger partial charge in [-0.05, 0) is 49.7 Å². The van der Waals surface area contributed by atoms with Crippen LogP contribution >= 0.6 is 0 Å². The minimum atomic E-state index is 0.695. The van der Waals surface area contributed by atoms with Crippen LogP contribution in [-0.4, -0.2) is 15.4 Å². The van der Waals surface area contributed by atoms with E-state index in [1.54, 1.807) is 0 Å². The number of aryl methyl sites for hydroxylation is 1. The zero-order chi connectivity index (χ0) is 15.1. The van der Waals surface area contributed by atoms with E-state index in [0.29, 0.717) is 6.61 Å². The summed E-state index contributed by atoms with van der Waals surface area (Å²) in [4.78, 5) is 0. The van der Waals surface area contributed by atoms with Crippen LogP contribution in [0.2, 0.25) is 0 Å². The molecule has 0 atom stereocenters. The van der Waals surface area contributed by atoms with Gasteiger partial charge >= 0.3 is 0 Å². The van der Waals surface area contributed by atoms with Crippen molar-refractivity contribution in [2.24, 2.45) is 0 Å². The van der Waals surface area contributed by atoms with Gasteiger partial charge in [-0.2, -0.15) is 0 Å². The van der Waals surface area contributed by atoms with Crippen molar-refractivity contribution in [2.45, 2.75) is 13.8 Å². The molecule has 0 saturated carbocycles. The van der Waals surface area contributed by atoms with Crippen LogP contribution in [0.1, 0.15) is 12.6 Å². The molecule has 0 saturated heterocycles. The summed E-state index contributed by atoms with van der Waals surface area (Å²) >= 11 is 0. The van der Waals surface area contributed by atoms with Crippen LogP contribution in [0.15, 0.2) is 61.1 Å². The Morgan fingerprint density at radius 3 is 2.50 bits per heavy atom. The van der Waals surface area contributed by atoms with E-state index in [0.717, 1.165) is 5.75 Å². The molecule has 0 radical (unpaired) electrons.